The summed E-state index contributed by atoms with van der Waals surface area (Å²) in [5, 5.41) is 14.4. The first kappa shape index (κ1) is 16.7. The lowest BCUT2D eigenvalue weighted by Gasteiger charge is -2.24. The molecule has 0 heterocycles. The molecule has 0 aromatic carbocycles. The molecule has 0 fully saturated rings. The normalized spacial score (nSPS) is 15.9. The summed E-state index contributed by atoms with van der Waals surface area (Å²) in [6, 6.07) is -1.17. The molecule has 0 spiro atoms. The number of urea groups is 1. The number of hydrogen-bond acceptors (Lipinski definition) is 2. The lowest BCUT2D eigenvalue weighted by molar-refractivity contribution is -0.140. The molecule has 2 amide bonds. The maximum atomic E-state index is 11.8. The fourth-order valence-electron chi connectivity index (χ4n) is 1.77. The van der Waals surface area contributed by atoms with Gasteiger partial charge in [-0.3, -0.25) is 0 Å². The van der Waals surface area contributed by atoms with Gasteiger partial charge in [-0.05, 0) is 18.3 Å². The molecule has 106 valence electrons. The molecule has 0 saturated carbocycles. The van der Waals surface area contributed by atoms with Crippen LogP contribution in [0.3, 0.4) is 0 Å². The van der Waals surface area contributed by atoms with Crippen molar-refractivity contribution in [2.75, 3.05) is 0 Å². The van der Waals surface area contributed by atoms with Crippen molar-refractivity contribution in [1.82, 2.24) is 10.6 Å². The van der Waals surface area contributed by atoms with E-state index in [1.54, 1.807) is 0 Å². The van der Waals surface area contributed by atoms with Crippen LogP contribution in [0.1, 0.15) is 47.5 Å². The van der Waals surface area contributed by atoms with Gasteiger partial charge in [0.25, 0.3) is 0 Å². The van der Waals surface area contributed by atoms with Crippen molar-refractivity contribution in [3.8, 4) is 0 Å². The van der Waals surface area contributed by atoms with E-state index < -0.39 is 18.0 Å². The first-order valence-electron chi connectivity index (χ1n) is 6.63. The van der Waals surface area contributed by atoms with E-state index in [0.717, 1.165) is 6.42 Å². The average Bonchev–Trinajstić information content (AvgIpc) is 2.31. The number of hydrogen-bond donors (Lipinski definition) is 3. The minimum atomic E-state index is -0.989. The summed E-state index contributed by atoms with van der Waals surface area (Å²) >= 11 is 0. The smallest absolute Gasteiger partial charge is 0.326 e. The predicted octanol–water partition coefficient (Wildman–Crippen LogP) is 2.22. The Morgan fingerprint density at radius 3 is 1.94 bits per heavy atom. The maximum Gasteiger partial charge on any atom is 0.326 e. The third kappa shape index (κ3) is 5.38. The van der Waals surface area contributed by atoms with Gasteiger partial charge in [0.1, 0.15) is 6.04 Å². The van der Waals surface area contributed by atoms with Crippen molar-refractivity contribution in [1.29, 1.82) is 0 Å². The largest absolute Gasteiger partial charge is 0.480 e. The Bertz CT molecular complexity index is 279. The third-order valence-electron chi connectivity index (χ3n) is 3.33. The molecule has 18 heavy (non-hydrogen) atoms. The standard InChI is InChI=1S/C13H26N2O3/c1-6-9(5)11(12(16)17)15-13(18)14-10(7-2)8(3)4/h8-11H,6-7H2,1-5H3,(H,16,17)(H2,14,15,18). The Kier molecular flexibility index (Phi) is 7.39. The van der Waals surface area contributed by atoms with Crippen molar-refractivity contribution in [3.63, 3.8) is 0 Å². The van der Waals surface area contributed by atoms with Gasteiger partial charge in [0.05, 0.1) is 0 Å². The number of aliphatic carboxylic acids is 1. The molecule has 0 saturated heterocycles. The SMILES string of the molecule is CCC(C)C(NC(=O)NC(CC)C(C)C)C(=O)O. The predicted molar refractivity (Wildman–Crippen MR) is 71.5 cm³/mol. The van der Waals surface area contributed by atoms with E-state index >= 15 is 0 Å². The highest BCUT2D eigenvalue weighted by Crippen LogP contribution is 2.09. The molecule has 5 nitrogen and oxygen atoms in total. The van der Waals surface area contributed by atoms with Gasteiger partial charge in [0, 0.05) is 6.04 Å². The van der Waals surface area contributed by atoms with Gasteiger partial charge in [0.15, 0.2) is 0 Å². The van der Waals surface area contributed by atoms with E-state index in [0.29, 0.717) is 12.3 Å². The van der Waals surface area contributed by atoms with Crippen molar-refractivity contribution in [2.45, 2.75) is 59.5 Å². The summed E-state index contributed by atoms with van der Waals surface area (Å²) in [6.07, 6.45) is 1.53. The molecular formula is C13H26N2O3. The van der Waals surface area contributed by atoms with Crippen LogP contribution < -0.4 is 10.6 Å². The fourth-order valence-corrected chi connectivity index (χ4v) is 1.77. The van der Waals surface area contributed by atoms with Crippen molar-refractivity contribution >= 4 is 12.0 Å². The van der Waals surface area contributed by atoms with Crippen molar-refractivity contribution < 1.29 is 14.7 Å². The van der Waals surface area contributed by atoms with E-state index in [9.17, 15) is 9.59 Å². The highest BCUT2D eigenvalue weighted by molar-refractivity contribution is 5.82. The van der Waals surface area contributed by atoms with Gasteiger partial charge in [0.2, 0.25) is 0 Å². The van der Waals surface area contributed by atoms with E-state index in [1.807, 2.05) is 34.6 Å². The zero-order valence-corrected chi connectivity index (χ0v) is 12.0. The molecule has 5 heteroatoms. The number of carboxylic acids is 1. The van der Waals surface area contributed by atoms with Crippen LogP contribution in [0.15, 0.2) is 0 Å². The molecule has 3 N–H and O–H groups in total. The quantitative estimate of drug-likeness (QED) is 0.655. The van der Waals surface area contributed by atoms with Gasteiger partial charge in [-0.1, -0.05) is 41.0 Å². The fraction of sp³-hybridized carbons (Fsp3) is 0.846. The molecule has 0 aliphatic carbocycles. The summed E-state index contributed by atoms with van der Waals surface area (Å²) in [7, 11) is 0. The molecule has 0 aliphatic heterocycles. The molecule has 0 aliphatic rings. The molecule has 0 radical (unpaired) electrons. The van der Waals surface area contributed by atoms with Gasteiger partial charge >= 0.3 is 12.0 Å². The zero-order valence-electron chi connectivity index (χ0n) is 12.0. The second kappa shape index (κ2) is 7.95. The minimum Gasteiger partial charge on any atom is -0.480 e. The number of carboxylic acid groups (broad SMARTS) is 1. The van der Waals surface area contributed by atoms with E-state index in [4.69, 9.17) is 5.11 Å². The third-order valence-corrected chi connectivity index (χ3v) is 3.33. The van der Waals surface area contributed by atoms with Gasteiger partial charge in [-0.2, -0.15) is 0 Å². The summed E-state index contributed by atoms with van der Waals surface area (Å²) in [4.78, 5) is 22.8. The summed E-state index contributed by atoms with van der Waals surface area (Å²) in [5.74, 6) is -0.753. The van der Waals surface area contributed by atoms with Gasteiger partial charge < -0.3 is 15.7 Å². The highest BCUT2D eigenvalue weighted by atomic mass is 16.4. The maximum absolute atomic E-state index is 11.8. The van der Waals surface area contributed by atoms with Gasteiger partial charge in [-0.15, -0.1) is 0 Å². The molecule has 0 aromatic heterocycles. The Balaban J connectivity index is 4.47. The van der Waals surface area contributed by atoms with Crippen LogP contribution in [-0.2, 0) is 4.79 Å². The minimum absolute atomic E-state index is 0.0661. The number of rotatable bonds is 7. The number of amides is 2. The van der Waals surface area contributed by atoms with Crippen LogP contribution in [0, 0.1) is 11.8 Å². The monoisotopic (exact) mass is 258 g/mol. The Morgan fingerprint density at radius 1 is 1.06 bits per heavy atom. The second-order valence-corrected chi connectivity index (χ2v) is 5.08. The Labute approximate surface area is 109 Å². The van der Waals surface area contributed by atoms with Gasteiger partial charge in [-0.25, -0.2) is 9.59 Å². The number of nitrogens with one attached hydrogen (secondary N) is 2. The van der Waals surface area contributed by atoms with E-state index in [1.165, 1.54) is 0 Å². The summed E-state index contributed by atoms with van der Waals surface area (Å²) in [5.41, 5.74) is 0. The summed E-state index contributed by atoms with van der Waals surface area (Å²) in [6.45, 7) is 9.77. The molecule has 0 rings (SSSR count). The van der Waals surface area contributed by atoms with E-state index in [2.05, 4.69) is 10.6 Å². The van der Waals surface area contributed by atoms with Crippen LogP contribution in [0.4, 0.5) is 4.79 Å². The molecule has 3 atom stereocenters. The molecule has 0 aromatic rings. The number of carbonyl (C=O) groups is 2. The Morgan fingerprint density at radius 2 is 1.61 bits per heavy atom. The van der Waals surface area contributed by atoms with E-state index in [-0.39, 0.29) is 12.0 Å². The topological polar surface area (TPSA) is 78.4 Å². The lowest BCUT2D eigenvalue weighted by atomic mass is 9.99. The van der Waals surface area contributed by atoms with Crippen molar-refractivity contribution in [2.24, 2.45) is 11.8 Å². The first-order valence-corrected chi connectivity index (χ1v) is 6.63. The lowest BCUT2D eigenvalue weighted by Crippen LogP contribution is -2.52. The second-order valence-electron chi connectivity index (χ2n) is 5.08. The molecule has 0 bridgehead atoms. The highest BCUT2D eigenvalue weighted by Gasteiger charge is 2.26. The first-order chi connectivity index (χ1) is 8.33. The summed E-state index contributed by atoms with van der Waals surface area (Å²) < 4.78 is 0. The van der Waals surface area contributed by atoms with Crippen LogP contribution in [0.2, 0.25) is 0 Å². The average molecular weight is 258 g/mol. The van der Waals surface area contributed by atoms with Crippen LogP contribution >= 0.6 is 0 Å². The number of carbonyl (C=O) groups excluding carboxylic acids is 1. The van der Waals surface area contributed by atoms with Crippen molar-refractivity contribution in [3.05, 3.63) is 0 Å². The van der Waals surface area contributed by atoms with Crippen LogP contribution in [0.5, 0.6) is 0 Å². The van der Waals surface area contributed by atoms with Crippen LogP contribution in [-0.4, -0.2) is 29.2 Å². The zero-order chi connectivity index (χ0) is 14.3. The van der Waals surface area contributed by atoms with Crippen LogP contribution in [0.25, 0.3) is 0 Å². The molecular weight excluding hydrogens is 232 g/mol. The molecule has 3 unspecified atom stereocenters. The Hall–Kier alpha value is -1.26.